The highest BCUT2D eigenvalue weighted by molar-refractivity contribution is 7.78. The van der Waals surface area contributed by atoms with Gasteiger partial charge in [0.15, 0.2) is 0 Å². The number of hydrogen-bond donors (Lipinski definition) is 1. The molecule has 0 heterocycles. The van der Waals surface area contributed by atoms with Crippen molar-refractivity contribution in [2.24, 2.45) is 9.98 Å². The molecule has 0 atom stereocenters. The number of phenolic OH excluding ortho intramolecular Hbond substituents is 1. The highest BCUT2D eigenvalue weighted by Crippen LogP contribution is 2.15. The number of phenols is 1. The van der Waals surface area contributed by atoms with Gasteiger partial charge in [-0.05, 0) is 36.1 Å². The van der Waals surface area contributed by atoms with E-state index in [0.717, 1.165) is 5.56 Å². The zero-order chi connectivity index (χ0) is 15.3. The molecule has 5 heteroatoms. The fraction of sp³-hybridized carbons (Fsp3) is 0.125. The SMILES string of the molecule is Oc1ccccc1CN=C=S.S=C=NCc1ccccc1. The Hall–Kier alpha value is -2.16. The van der Waals surface area contributed by atoms with Gasteiger partial charge in [-0.2, -0.15) is 0 Å². The van der Waals surface area contributed by atoms with Gasteiger partial charge in [-0.25, -0.2) is 9.98 Å². The van der Waals surface area contributed by atoms with Crippen molar-refractivity contribution in [3.05, 3.63) is 65.7 Å². The van der Waals surface area contributed by atoms with Crippen molar-refractivity contribution in [1.82, 2.24) is 0 Å². The van der Waals surface area contributed by atoms with Crippen molar-refractivity contribution >= 4 is 34.8 Å². The van der Waals surface area contributed by atoms with Gasteiger partial charge in [0.1, 0.15) is 5.75 Å². The molecule has 0 saturated carbocycles. The Morgan fingerprint density at radius 3 is 2.00 bits per heavy atom. The second-order valence-corrected chi connectivity index (χ2v) is 4.29. The Balaban J connectivity index is 0.000000211. The summed E-state index contributed by atoms with van der Waals surface area (Å²) in [6, 6.07) is 17.0. The maximum atomic E-state index is 9.22. The van der Waals surface area contributed by atoms with Gasteiger partial charge in [-0.3, -0.25) is 0 Å². The van der Waals surface area contributed by atoms with Gasteiger partial charge >= 0.3 is 0 Å². The van der Waals surface area contributed by atoms with Crippen molar-refractivity contribution in [2.75, 3.05) is 0 Å². The molecule has 0 amide bonds. The minimum atomic E-state index is 0.251. The molecule has 0 spiro atoms. The molecule has 2 aromatic carbocycles. The van der Waals surface area contributed by atoms with Gasteiger partial charge in [0.2, 0.25) is 0 Å². The number of rotatable bonds is 4. The number of benzene rings is 2. The zero-order valence-electron chi connectivity index (χ0n) is 11.3. The Morgan fingerprint density at radius 1 is 0.810 bits per heavy atom. The second-order valence-electron chi connectivity index (χ2n) is 3.93. The van der Waals surface area contributed by atoms with Gasteiger partial charge in [0.05, 0.1) is 23.4 Å². The first-order chi connectivity index (χ1) is 10.3. The molecule has 0 saturated heterocycles. The summed E-state index contributed by atoms with van der Waals surface area (Å²) >= 11 is 8.83. The van der Waals surface area contributed by atoms with E-state index in [9.17, 15) is 5.11 Å². The molecule has 0 bridgehead atoms. The maximum absolute atomic E-state index is 9.22. The summed E-state index contributed by atoms with van der Waals surface area (Å²) < 4.78 is 0. The van der Waals surface area contributed by atoms with E-state index in [1.165, 1.54) is 5.56 Å². The normalized spacial score (nSPS) is 8.57. The lowest BCUT2D eigenvalue weighted by Crippen LogP contribution is -1.80. The summed E-state index contributed by atoms with van der Waals surface area (Å²) in [7, 11) is 0. The van der Waals surface area contributed by atoms with Gasteiger partial charge < -0.3 is 5.11 Å². The van der Waals surface area contributed by atoms with Crippen LogP contribution in [0.15, 0.2) is 64.6 Å². The molecule has 106 valence electrons. The monoisotopic (exact) mass is 314 g/mol. The van der Waals surface area contributed by atoms with Gasteiger partial charge in [0.25, 0.3) is 0 Å². The summed E-state index contributed by atoms with van der Waals surface area (Å²) in [4.78, 5) is 7.51. The summed E-state index contributed by atoms with van der Waals surface area (Å²) in [5.41, 5.74) is 1.93. The van der Waals surface area contributed by atoms with E-state index in [4.69, 9.17) is 0 Å². The zero-order valence-corrected chi connectivity index (χ0v) is 12.9. The molecular formula is C16H14N2OS2. The van der Waals surface area contributed by atoms with E-state index in [1.54, 1.807) is 18.2 Å². The van der Waals surface area contributed by atoms with Crippen LogP contribution in [-0.4, -0.2) is 15.4 Å². The molecule has 0 aliphatic heterocycles. The van der Waals surface area contributed by atoms with Crippen molar-refractivity contribution in [2.45, 2.75) is 13.1 Å². The van der Waals surface area contributed by atoms with Crippen molar-refractivity contribution in [3.63, 3.8) is 0 Å². The lowest BCUT2D eigenvalue weighted by Gasteiger charge is -1.97. The Kier molecular flexibility index (Phi) is 8.53. The van der Waals surface area contributed by atoms with Crippen molar-refractivity contribution < 1.29 is 5.11 Å². The summed E-state index contributed by atoms with van der Waals surface area (Å²) in [6.07, 6.45) is 0. The van der Waals surface area contributed by atoms with Crippen LogP contribution >= 0.6 is 24.4 Å². The van der Waals surface area contributed by atoms with Crippen molar-refractivity contribution in [1.29, 1.82) is 0 Å². The Morgan fingerprint density at radius 2 is 1.38 bits per heavy atom. The third kappa shape index (κ3) is 7.25. The van der Waals surface area contributed by atoms with E-state index < -0.39 is 0 Å². The Labute approximate surface area is 134 Å². The molecule has 0 aliphatic carbocycles. The molecule has 0 radical (unpaired) electrons. The van der Waals surface area contributed by atoms with Crippen LogP contribution in [0.4, 0.5) is 0 Å². The standard InChI is InChI=1S/C8H7NOS.C8H7NS/c10-8-4-2-1-3-7(8)5-9-6-11;10-7-9-6-8-4-2-1-3-5-8/h1-4,10H,5H2;1-5H,6H2. The maximum Gasteiger partial charge on any atom is 0.120 e. The smallest absolute Gasteiger partial charge is 0.120 e. The number of aromatic hydroxyl groups is 1. The number of isothiocyanates is 2. The molecule has 3 nitrogen and oxygen atoms in total. The van der Waals surface area contributed by atoms with E-state index in [1.807, 2.05) is 36.4 Å². The van der Waals surface area contributed by atoms with Gasteiger partial charge in [-0.15, -0.1) is 0 Å². The first-order valence-corrected chi connectivity index (χ1v) is 6.97. The highest BCUT2D eigenvalue weighted by atomic mass is 32.1. The highest BCUT2D eigenvalue weighted by Gasteiger charge is 1.95. The number of nitrogens with zero attached hydrogens (tertiary/aromatic N) is 2. The molecule has 0 aromatic heterocycles. The second kappa shape index (κ2) is 10.6. The van der Waals surface area contributed by atoms with Crippen molar-refractivity contribution in [3.8, 4) is 5.75 Å². The Bertz CT molecular complexity index is 646. The van der Waals surface area contributed by atoms with Crippen LogP contribution in [0.25, 0.3) is 0 Å². The average molecular weight is 314 g/mol. The lowest BCUT2D eigenvalue weighted by atomic mass is 10.2. The molecule has 0 unspecified atom stereocenters. The fourth-order valence-electron chi connectivity index (χ4n) is 1.47. The lowest BCUT2D eigenvalue weighted by molar-refractivity contribution is 0.468. The third-order valence-corrected chi connectivity index (χ3v) is 2.73. The quantitative estimate of drug-likeness (QED) is 0.676. The predicted octanol–water partition coefficient (Wildman–Crippen LogP) is 4.28. The molecule has 0 fully saturated rings. The third-order valence-electron chi connectivity index (χ3n) is 2.47. The summed E-state index contributed by atoms with van der Waals surface area (Å²) in [5, 5.41) is 13.8. The summed E-state index contributed by atoms with van der Waals surface area (Å²) in [5.74, 6) is 0.251. The van der Waals surface area contributed by atoms with Crippen LogP contribution < -0.4 is 0 Å². The van der Waals surface area contributed by atoms with Gasteiger partial charge in [0, 0.05) is 5.56 Å². The minimum Gasteiger partial charge on any atom is -0.508 e. The van der Waals surface area contributed by atoms with Crippen LogP contribution in [0.3, 0.4) is 0 Å². The van der Waals surface area contributed by atoms with E-state index >= 15 is 0 Å². The number of aliphatic imine (C=N–C) groups is 2. The first kappa shape index (κ1) is 16.9. The van der Waals surface area contributed by atoms with Crippen LogP contribution in [-0.2, 0) is 13.1 Å². The topological polar surface area (TPSA) is 45.0 Å². The molecular weight excluding hydrogens is 300 g/mol. The van der Waals surface area contributed by atoms with Crippen LogP contribution in [0, 0.1) is 0 Å². The molecule has 0 aliphatic rings. The first-order valence-electron chi connectivity index (χ1n) is 6.16. The fourth-order valence-corrected chi connectivity index (χ4v) is 1.60. The van der Waals surface area contributed by atoms with Gasteiger partial charge in [-0.1, -0.05) is 48.5 Å². The molecule has 21 heavy (non-hydrogen) atoms. The number of hydrogen-bond acceptors (Lipinski definition) is 5. The van der Waals surface area contributed by atoms with Crippen LogP contribution in [0.2, 0.25) is 0 Å². The van der Waals surface area contributed by atoms with Crippen LogP contribution in [0.1, 0.15) is 11.1 Å². The average Bonchev–Trinajstić information content (AvgIpc) is 2.54. The minimum absolute atomic E-state index is 0.251. The largest absolute Gasteiger partial charge is 0.508 e. The number of para-hydroxylation sites is 1. The summed E-state index contributed by atoms with van der Waals surface area (Å²) in [6.45, 7) is 1.04. The van der Waals surface area contributed by atoms with Crippen LogP contribution in [0.5, 0.6) is 5.75 Å². The predicted molar refractivity (Wildman–Crippen MR) is 92.0 cm³/mol. The van der Waals surface area contributed by atoms with E-state index in [-0.39, 0.29) is 5.75 Å². The molecule has 2 rings (SSSR count). The molecule has 2 aromatic rings. The number of thiocarbonyl (C=S) groups is 2. The van der Waals surface area contributed by atoms with E-state index in [0.29, 0.717) is 13.1 Å². The molecule has 1 N–H and O–H groups in total. The van der Waals surface area contributed by atoms with E-state index in [2.05, 4.69) is 44.7 Å².